The molecule has 0 saturated carbocycles. The molecule has 1 amide bonds. The predicted octanol–water partition coefficient (Wildman–Crippen LogP) is 4.48. The molecular weight excluding hydrogens is 462 g/mol. The molecule has 1 fully saturated rings. The summed E-state index contributed by atoms with van der Waals surface area (Å²) in [4.78, 5) is 14.9. The number of nitrogens with zero attached hydrogens (tertiary/aromatic N) is 2. The fourth-order valence-corrected chi connectivity index (χ4v) is 5.86. The third-order valence-electron chi connectivity index (χ3n) is 6.10. The van der Waals surface area contributed by atoms with Crippen molar-refractivity contribution in [2.24, 2.45) is 10.3 Å². The number of rotatable bonds is 4. The molecule has 0 radical (unpaired) electrons. The number of aryl methyl sites for hydroxylation is 1. The first-order valence-corrected chi connectivity index (χ1v) is 12.5. The highest BCUT2D eigenvalue weighted by Gasteiger charge is 2.35. The van der Waals surface area contributed by atoms with Gasteiger partial charge in [-0.05, 0) is 74.2 Å². The molecular formula is C24H26ClN3O4S. The van der Waals surface area contributed by atoms with Crippen LogP contribution in [0.25, 0.3) is 4.91 Å². The van der Waals surface area contributed by atoms with Gasteiger partial charge in [0.2, 0.25) is 5.91 Å². The van der Waals surface area contributed by atoms with E-state index in [-0.39, 0.29) is 16.7 Å². The maximum absolute atomic E-state index is 12.8. The Kier molecular flexibility index (Phi) is 6.50. The second kappa shape index (κ2) is 9.19. The van der Waals surface area contributed by atoms with Crippen molar-refractivity contribution in [1.82, 2.24) is 4.90 Å². The number of carbonyl (C=O) groups is 1. The van der Waals surface area contributed by atoms with Gasteiger partial charge in [0.1, 0.15) is 16.5 Å². The number of methoxy groups -OCH3 is 1. The average molecular weight is 488 g/mol. The zero-order valence-electron chi connectivity index (χ0n) is 18.8. The van der Waals surface area contributed by atoms with E-state index >= 15 is 0 Å². The van der Waals surface area contributed by atoms with Crippen LogP contribution in [0.4, 0.5) is 5.69 Å². The van der Waals surface area contributed by atoms with E-state index in [1.807, 2.05) is 24.0 Å². The fraction of sp³-hybridized carbons (Fsp3) is 0.333. The van der Waals surface area contributed by atoms with Gasteiger partial charge < -0.3 is 15.0 Å². The summed E-state index contributed by atoms with van der Waals surface area (Å²) in [5.74, 6) is 0.902. The highest BCUT2D eigenvalue weighted by molar-refractivity contribution is 8.00. The highest BCUT2D eigenvalue weighted by Crippen LogP contribution is 2.35. The number of amides is 1. The molecule has 4 rings (SSSR count). The van der Waals surface area contributed by atoms with Crippen molar-refractivity contribution in [1.29, 1.82) is 0 Å². The van der Waals surface area contributed by atoms with Gasteiger partial charge in [0, 0.05) is 35.3 Å². The maximum Gasteiger partial charge on any atom is 0.285 e. The topological polar surface area (TPSA) is 88.1 Å². The van der Waals surface area contributed by atoms with Crippen LogP contribution < -0.4 is 10.1 Å². The van der Waals surface area contributed by atoms with Crippen molar-refractivity contribution >= 4 is 44.0 Å². The minimum atomic E-state index is -3.79. The summed E-state index contributed by atoms with van der Waals surface area (Å²) < 4.78 is 34.9. The van der Waals surface area contributed by atoms with Gasteiger partial charge in [-0.2, -0.15) is 8.42 Å². The predicted molar refractivity (Wildman–Crippen MR) is 131 cm³/mol. The molecule has 2 aliphatic heterocycles. The summed E-state index contributed by atoms with van der Waals surface area (Å²) in [7, 11) is -2.23. The van der Waals surface area contributed by atoms with E-state index in [2.05, 4.69) is 9.71 Å². The Labute approximate surface area is 199 Å². The van der Waals surface area contributed by atoms with Crippen molar-refractivity contribution in [3.63, 3.8) is 0 Å². The summed E-state index contributed by atoms with van der Waals surface area (Å²) in [6.45, 7) is 4.79. The smallest absolute Gasteiger partial charge is 0.285 e. The van der Waals surface area contributed by atoms with E-state index in [4.69, 9.17) is 16.3 Å². The molecule has 2 aliphatic rings. The first kappa shape index (κ1) is 23.3. The lowest BCUT2D eigenvalue weighted by Crippen LogP contribution is -2.41. The van der Waals surface area contributed by atoms with Crippen molar-refractivity contribution in [2.75, 3.05) is 25.5 Å². The zero-order chi connectivity index (χ0) is 23.8. The number of ether oxygens (including phenoxy) is 1. The molecule has 0 unspecified atom stereocenters. The van der Waals surface area contributed by atoms with Gasteiger partial charge in [-0.3, -0.25) is 4.79 Å². The number of piperidine rings is 1. The number of anilines is 1. The maximum atomic E-state index is 12.8. The highest BCUT2D eigenvalue weighted by atomic mass is 35.5. The Morgan fingerprint density at radius 3 is 2.39 bits per heavy atom. The van der Waals surface area contributed by atoms with Gasteiger partial charge in [-0.15, -0.1) is 4.40 Å². The number of carbonyl (C=O) groups excluding carboxylic acids is 1. The van der Waals surface area contributed by atoms with Crippen molar-refractivity contribution in [3.8, 4) is 5.75 Å². The lowest BCUT2D eigenvalue weighted by molar-refractivity contribution is -0.120. The molecule has 0 aromatic heterocycles. The normalized spacial score (nSPS) is 18.3. The molecule has 2 heterocycles. The molecule has 2 aromatic rings. The Hall–Kier alpha value is -2.84. The Bertz CT molecular complexity index is 1240. The first-order chi connectivity index (χ1) is 15.7. The van der Waals surface area contributed by atoms with Gasteiger partial charge >= 0.3 is 0 Å². The SMILES string of the molecule is COc1ccc(C2=C(C)C(N3CCC(C(=O)Nc4ccc(C)c(Cl)c4)CC3)=NS2(=O)=O)cc1. The van der Waals surface area contributed by atoms with Crippen LogP contribution in [0.1, 0.15) is 30.9 Å². The molecule has 174 valence electrons. The number of nitrogens with one attached hydrogen (secondary N) is 1. The lowest BCUT2D eigenvalue weighted by atomic mass is 9.95. The number of amidine groups is 1. The molecule has 0 spiro atoms. The Morgan fingerprint density at radius 2 is 1.79 bits per heavy atom. The van der Waals surface area contributed by atoms with Crippen LogP contribution in [-0.4, -0.2) is 45.3 Å². The molecule has 0 atom stereocenters. The van der Waals surface area contributed by atoms with Crippen LogP contribution in [0.2, 0.25) is 5.02 Å². The van der Waals surface area contributed by atoms with Gasteiger partial charge in [0.15, 0.2) is 0 Å². The number of likely N-dealkylation sites (tertiary alicyclic amines) is 1. The van der Waals surface area contributed by atoms with Crippen molar-refractivity contribution < 1.29 is 17.9 Å². The Balaban J connectivity index is 1.45. The number of sulfonamides is 1. The minimum Gasteiger partial charge on any atom is -0.497 e. The molecule has 2 aromatic carbocycles. The van der Waals surface area contributed by atoms with E-state index < -0.39 is 10.0 Å². The van der Waals surface area contributed by atoms with Crippen LogP contribution in [0.15, 0.2) is 52.4 Å². The fourth-order valence-electron chi connectivity index (χ4n) is 4.19. The lowest BCUT2D eigenvalue weighted by Gasteiger charge is -2.32. The molecule has 33 heavy (non-hydrogen) atoms. The largest absolute Gasteiger partial charge is 0.497 e. The quantitative estimate of drug-likeness (QED) is 0.686. The van der Waals surface area contributed by atoms with Gasteiger partial charge in [0.05, 0.1) is 7.11 Å². The molecule has 9 heteroatoms. The van der Waals surface area contributed by atoms with E-state index in [1.54, 1.807) is 44.4 Å². The van der Waals surface area contributed by atoms with Crippen molar-refractivity contribution in [2.45, 2.75) is 26.7 Å². The number of benzene rings is 2. The van der Waals surface area contributed by atoms with E-state index in [1.165, 1.54) is 0 Å². The minimum absolute atomic E-state index is 0.0539. The molecule has 1 N–H and O–H groups in total. The molecule has 0 aliphatic carbocycles. The van der Waals surface area contributed by atoms with Gasteiger partial charge in [-0.25, -0.2) is 0 Å². The number of hydrogen-bond acceptors (Lipinski definition) is 5. The molecule has 0 bridgehead atoms. The van der Waals surface area contributed by atoms with Gasteiger partial charge in [0.25, 0.3) is 10.0 Å². The summed E-state index contributed by atoms with van der Waals surface area (Å²) in [5.41, 5.74) is 2.83. The third kappa shape index (κ3) is 4.77. The zero-order valence-corrected chi connectivity index (χ0v) is 20.3. The number of hydrogen-bond donors (Lipinski definition) is 1. The molecule has 7 nitrogen and oxygen atoms in total. The second-order valence-electron chi connectivity index (χ2n) is 8.29. The standard InChI is InChI=1S/C24H26ClN3O4S/c1-15-4-7-19(14-21(15)25)26-24(29)18-10-12-28(13-11-18)23-16(2)22(33(30,31)27-23)17-5-8-20(32-3)9-6-17/h4-9,14,18H,10-13H2,1-3H3,(H,26,29). The Morgan fingerprint density at radius 1 is 1.12 bits per heavy atom. The summed E-state index contributed by atoms with van der Waals surface area (Å²) in [6.07, 6.45) is 1.21. The van der Waals surface area contributed by atoms with E-state index in [0.29, 0.717) is 59.4 Å². The third-order valence-corrected chi connectivity index (χ3v) is 7.98. The summed E-state index contributed by atoms with van der Waals surface area (Å²) >= 11 is 6.15. The van der Waals surface area contributed by atoms with Crippen molar-refractivity contribution in [3.05, 3.63) is 64.2 Å². The average Bonchev–Trinajstić information content (AvgIpc) is 3.05. The number of halogens is 1. The van der Waals surface area contributed by atoms with E-state index in [9.17, 15) is 13.2 Å². The van der Waals surface area contributed by atoms with Crippen LogP contribution >= 0.6 is 11.6 Å². The second-order valence-corrected chi connectivity index (χ2v) is 10.2. The van der Waals surface area contributed by atoms with Crippen LogP contribution in [0.3, 0.4) is 0 Å². The monoisotopic (exact) mass is 487 g/mol. The molecule has 1 saturated heterocycles. The van der Waals surface area contributed by atoms with E-state index in [0.717, 1.165) is 5.56 Å². The van der Waals surface area contributed by atoms with Gasteiger partial charge in [-0.1, -0.05) is 17.7 Å². The van der Waals surface area contributed by atoms with Crippen LogP contribution in [-0.2, 0) is 14.8 Å². The first-order valence-electron chi connectivity index (χ1n) is 10.7. The summed E-state index contributed by atoms with van der Waals surface area (Å²) in [6, 6.07) is 12.4. The summed E-state index contributed by atoms with van der Waals surface area (Å²) in [5, 5.41) is 3.55. The van der Waals surface area contributed by atoms with Crippen LogP contribution in [0.5, 0.6) is 5.75 Å². The van der Waals surface area contributed by atoms with Crippen LogP contribution in [0, 0.1) is 12.8 Å².